The number of carbonyl (C=O) groups is 2. The van der Waals surface area contributed by atoms with Gasteiger partial charge in [-0.15, -0.1) is 0 Å². The SMILES string of the molecule is CCCCNC(=O)/C(C#N)=C/c1ccc(OC(=O)COc2ccc(Br)cc2Br)c(OC)c1. The maximum atomic E-state index is 12.2. The first-order valence-corrected chi connectivity index (χ1v) is 11.3. The van der Waals surface area contributed by atoms with E-state index in [2.05, 4.69) is 37.2 Å². The van der Waals surface area contributed by atoms with E-state index in [1.54, 1.807) is 30.3 Å². The molecule has 0 aliphatic rings. The van der Waals surface area contributed by atoms with Crippen LogP contribution >= 0.6 is 31.9 Å². The van der Waals surface area contributed by atoms with Gasteiger partial charge in [-0.2, -0.15) is 5.26 Å². The molecule has 9 heteroatoms. The summed E-state index contributed by atoms with van der Waals surface area (Å²) in [6.45, 7) is 2.22. The Balaban J connectivity index is 2.06. The Hall–Kier alpha value is -2.83. The molecule has 0 bridgehead atoms. The highest BCUT2D eigenvalue weighted by atomic mass is 79.9. The molecule has 0 atom stereocenters. The zero-order valence-corrected chi connectivity index (χ0v) is 20.8. The van der Waals surface area contributed by atoms with Crippen molar-refractivity contribution >= 4 is 49.8 Å². The number of rotatable bonds is 10. The summed E-state index contributed by atoms with van der Waals surface area (Å²) in [5.41, 5.74) is 0.528. The predicted octanol–water partition coefficient (Wildman–Crippen LogP) is 5.03. The van der Waals surface area contributed by atoms with Gasteiger partial charge in [-0.25, -0.2) is 4.79 Å². The molecule has 7 nitrogen and oxygen atoms in total. The van der Waals surface area contributed by atoms with E-state index >= 15 is 0 Å². The molecule has 1 N–H and O–H groups in total. The molecular weight excluding hydrogens is 544 g/mol. The van der Waals surface area contributed by atoms with Crippen LogP contribution in [-0.2, 0) is 9.59 Å². The standard InChI is InChI=1S/C23H22Br2N2O5/c1-3-4-9-27-23(29)16(13-26)10-15-5-7-20(21(11-15)30-2)32-22(28)14-31-19-8-6-17(24)12-18(19)25/h5-8,10-12H,3-4,9,14H2,1-2H3,(H,27,29)/b16-10+. The average molecular weight is 566 g/mol. The van der Waals surface area contributed by atoms with Crippen molar-refractivity contribution in [3.63, 3.8) is 0 Å². The monoisotopic (exact) mass is 564 g/mol. The molecule has 0 heterocycles. The van der Waals surface area contributed by atoms with Crippen LogP contribution in [0.15, 0.2) is 50.9 Å². The maximum Gasteiger partial charge on any atom is 0.349 e. The molecule has 32 heavy (non-hydrogen) atoms. The minimum atomic E-state index is -0.616. The predicted molar refractivity (Wildman–Crippen MR) is 127 cm³/mol. The number of hydrogen-bond donors (Lipinski definition) is 1. The summed E-state index contributed by atoms with van der Waals surface area (Å²) in [5, 5.41) is 12.0. The van der Waals surface area contributed by atoms with Gasteiger partial charge in [-0.3, -0.25) is 4.79 Å². The van der Waals surface area contributed by atoms with Crippen LogP contribution in [0.5, 0.6) is 17.2 Å². The minimum Gasteiger partial charge on any atom is -0.493 e. The van der Waals surface area contributed by atoms with Crippen molar-refractivity contribution < 1.29 is 23.8 Å². The lowest BCUT2D eigenvalue weighted by atomic mass is 10.1. The normalized spacial score (nSPS) is 10.8. The van der Waals surface area contributed by atoms with Crippen molar-refractivity contribution in [1.29, 1.82) is 5.26 Å². The molecule has 0 aromatic heterocycles. The third-order valence-corrected chi connectivity index (χ3v) is 5.26. The fourth-order valence-electron chi connectivity index (χ4n) is 2.53. The molecule has 0 unspecified atom stereocenters. The zero-order chi connectivity index (χ0) is 23.5. The van der Waals surface area contributed by atoms with Gasteiger partial charge in [0.15, 0.2) is 18.1 Å². The van der Waals surface area contributed by atoms with Crippen LogP contribution in [0.1, 0.15) is 25.3 Å². The van der Waals surface area contributed by atoms with Gasteiger partial charge < -0.3 is 19.5 Å². The highest BCUT2D eigenvalue weighted by molar-refractivity contribution is 9.11. The van der Waals surface area contributed by atoms with Crippen molar-refractivity contribution in [2.45, 2.75) is 19.8 Å². The smallest absolute Gasteiger partial charge is 0.349 e. The largest absolute Gasteiger partial charge is 0.493 e. The number of hydrogen-bond acceptors (Lipinski definition) is 6. The summed E-state index contributed by atoms with van der Waals surface area (Å²) >= 11 is 6.71. The minimum absolute atomic E-state index is 0.0265. The zero-order valence-electron chi connectivity index (χ0n) is 17.6. The number of nitriles is 1. The topological polar surface area (TPSA) is 97.7 Å². The van der Waals surface area contributed by atoms with Gasteiger partial charge in [0.05, 0.1) is 11.6 Å². The number of nitrogens with zero attached hydrogens (tertiary/aromatic N) is 1. The first kappa shape index (κ1) is 25.4. The molecule has 0 aliphatic heterocycles. The third-order valence-electron chi connectivity index (χ3n) is 4.14. The van der Waals surface area contributed by atoms with Gasteiger partial charge in [-0.1, -0.05) is 35.3 Å². The molecule has 0 saturated heterocycles. The maximum absolute atomic E-state index is 12.2. The summed E-state index contributed by atoms with van der Waals surface area (Å²) in [5.74, 6) is -0.0837. The fourth-order valence-corrected chi connectivity index (χ4v) is 3.69. The number of esters is 1. The number of unbranched alkanes of at least 4 members (excludes halogenated alkanes) is 1. The summed E-state index contributed by atoms with van der Waals surface area (Å²) in [6.07, 6.45) is 3.22. The number of benzene rings is 2. The first-order chi connectivity index (χ1) is 15.4. The Kier molecular flexibility index (Phi) is 10.2. The second-order valence-electron chi connectivity index (χ2n) is 6.53. The number of halogens is 2. The van der Waals surface area contributed by atoms with Crippen molar-refractivity contribution in [3.8, 4) is 23.3 Å². The van der Waals surface area contributed by atoms with Crippen LogP contribution in [0.4, 0.5) is 0 Å². The molecule has 0 fully saturated rings. The van der Waals surface area contributed by atoms with Crippen LogP contribution < -0.4 is 19.5 Å². The molecule has 2 rings (SSSR count). The molecule has 1 amide bonds. The van der Waals surface area contributed by atoms with Gasteiger partial charge in [0.1, 0.15) is 17.4 Å². The highest BCUT2D eigenvalue weighted by Crippen LogP contribution is 2.30. The van der Waals surface area contributed by atoms with Crippen molar-refractivity contribution in [2.75, 3.05) is 20.3 Å². The quantitative estimate of drug-likeness (QED) is 0.143. The van der Waals surface area contributed by atoms with E-state index in [-0.39, 0.29) is 23.7 Å². The second kappa shape index (κ2) is 12.9. The summed E-state index contributed by atoms with van der Waals surface area (Å²) in [6, 6.07) is 11.9. The van der Waals surface area contributed by atoms with Gasteiger partial charge in [0, 0.05) is 11.0 Å². The molecule has 0 spiro atoms. The molecule has 2 aromatic rings. The molecule has 168 valence electrons. The van der Waals surface area contributed by atoms with E-state index < -0.39 is 11.9 Å². The Morgan fingerprint density at radius 3 is 2.53 bits per heavy atom. The van der Waals surface area contributed by atoms with E-state index in [0.717, 1.165) is 17.3 Å². The number of nitrogens with one attached hydrogen (secondary N) is 1. The van der Waals surface area contributed by atoms with Gasteiger partial charge in [0.25, 0.3) is 5.91 Å². The van der Waals surface area contributed by atoms with E-state index in [0.29, 0.717) is 22.3 Å². The van der Waals surface area contributed by atoms with Crippen molar-refractivity contribution in [2.24, 2.45) is 0 Å². The van der Waals surface area contributed by atoms with Crippen molar-refractivity contribution in [3.05, 3.63) is 56.5 Å². The lowest BCUT2D eigenvalue weighted by Crippen LogP contribution is -2.25. The summed E-state index contributed by atoms with van der Waals surface area (Å²) < 4.78 is 17.7. The molecule has 0 radical (unpaired) electrons. The van der Waals surface area contributed by atoms with E-state index in [1.165, 1.54) is 19.3 Å². The van der Waals surface area contributed by atoms with Gasteiger partial charge in [0.2, 0.25) is 0 Å². The van der Waals surface area contributed by atoms with Crippen LogP contribution in [0, 0.1) is 11.3 Å². The van der Waals surface area contributed by atoms with Crippen LogP contribution in [-0.4, -0.2) is 32.1 Å². The number of carbonyl (C=O) groups excluding carboxylic acids is 2. The number of amides is 1. The van der Waals surface area contributed by atoms with Crippen LogP contribution in [0.2, 0.25) is 0 Å². The van der Waals surface area contributed by atoms with E-state index in [4.69, 9.17) is 14.2 Å². The Morgan fingerprint density at radius 1 is 1.12 bits per heavy atom. The Labute approximate surface area is 203 Å². The van der Waals surface area contributed by atoms with Crippen molar-refractivity contribution in [1.82, 2.24) is 5.32 Å². The van der Waals surface area contributed by atoms with E-state index in [9.17, 15) is 14.9 Å². The second-order valence-corrected chi connectivity index (χ2v) is 8.30. The first-order valence-electron chi connectivity index (χ1n) is 9.74. The molecule has 0 saturated carbocycles. The molecule has 2 aromatic carbocycles. The number of ether oxygens (including phenoxy) is 3. The third kappa shape index (κ3) is 7.70. The highest BCUT2D eigenvalue weighted by Gasteiger charge is 2.14. The van der Waals surface area contributed by atoms with Gasteiger partial charge in [-0.05, 0) is 64.3 Å². The molecular formula is C23H22Br2N2O5. The van der Waals surface area contributed by atoms with Crippen LogP contribution in [0.3, 0.4) is 0 Å². The summed E-state index contributed by atoms with van der Waals surface area (Å²) in [7, 11) is 1.43. The van der Waals surface area contributed by atoms with Gasteiger partial charge >= 0.3 is 5.97 Å². The number of methoxy groups -OCH3 is 1. The average Bonchev–Trinajstić information content (AvgIpc) is 2.77. The lowest BCUT2D eigenvalue weighted by molar-refractivity contribution is -0.136. The fraction of sp³-hybridized carbons (Fsp3) is 0.261. The van der Waals surface area contributed by atoms with Crippen LogP contribution in [0.25, 0.3) is 6.08 Å². The van der Waals surface area contributed by atoms with E-state index in [1.807, 2.05) is 13.0 Å². The Morgan fingerprint density at radius 2 is 1.88 bits per heavy atom. The Bertz CT molecular complexity index is 1050. The lowest BCUT2D eigenvalue weighted by Gasteiger charge is -2.11. The summed E-state index contributed by atoms with van der Waals surface area (Å²) in [4.78, 5) is 24.3. The molecule has 0 aliphatic carbocycles.